The van der Waals surface area contributed by atoms with Gasteiger partial charge in [0.1, 0.15) is 5.82 Å². The van der Waals surface area contributed by atoms with E-state index >= 15 is 0 Å². The number of fused-ring (bicyclic) bond motifs is 1. The molecule has 4 aromatic rings. The average Bonchev–Trinajstić information content (AvgIpc) is 2.68. The summed E-state index contributed by atoms with van der Waals surface area (Å²) >= 11 is 0. The number of hydrogen-bond acceptors (Lipinski definition) is 1. The van der Waals surface area contributed by atoms with Gasteiger partial charge in [0.25, 0.3) is 0 Å². The molecule has 1 nitrogen and oxygen atoms in total. The molecule has 0 heterocycles. The molecule has 0 aliphatic rings. The topological polar surface area (TPSA) is 17.1 Å². The van der Waals surface area contributed by atoms with Crippen LogP contribution in [0.25, 0.3) is 21.9 Å². The smallest absolute Gasteiger partial charge is 0.194 e. The molecular formula is C24H17FO. The van der Waals surface area contributed by atoms with Crippen LogP contribution in [0.1, 0.15) is 21.5 Å². The Kier molecular flexibility index (Phi) is 4.10. The van der Waals surface area contributed by atoms with Crippen LogP contribution in [0, 0.1) is 12.7 Å². The van der Waals surface area contributed by atoms with Gasteiger partial charge in [-0.2, -0.15) is 0 Å². The molecule has 0 aromatic heterocycles. The quantitative estimate of drug-likeness (QED) is 0.407. The van der Waals surface area contributed by atoms with Crippen molar-refractivity contribution in [3.63, 3.8) is 0 Å². The predicted molar refractivity (Wildman–Crippen MR) is 104 cm³/mol. The lowest BCUT2D eigenvalue weighted by molar-refractivity contribution is 0.104. The summed E-state index contributed by atoms with van der Waals surface area (Å²) < 4.78 is 13.7. The van der Waals surface area contributed by atoms with E-state index in [0.717, 1.165) is 27.5 Å². The van der Waals surface area contributed by atoms with E-state index in [4.69, 9.17) is 0 Å². The van der Waals surface area contributed by atoms with Crippen molar-refractivity contribution in [2.75, 3.05) is 0 Å². The van der Waals surface area contributed by atoms with Gasteiger partial charge in [-0.3, -0.25) is 4.79 Å². The van der Waals surface area contributed by atoms with E-state index < -0.39 is 0 Å². The third kappa shape index (κ3) is 2.91. The van der Waals surface area contributed by atoms with Crippen molar-refractivity contribution in [1.82, 2.24) is 0 Å². The molecule has 0 fully saturated rings. The second-order valence-electron chi connectivity index (χ2n) is 6.41. The third-order valence-corrected chi connectivity index (χ3v) is 4.61. The van der Waals surface area contributed by atoms with Gasteiger partial charge >= 0.3 is 0 Å². The van der Waals surface area contributed by atoms with Crippen LogP contribution in [0.3, 0.4) is 0 Å². The molecule has 0 saturated heterocycles. The molecule has 0 spiro atoms. The second kappa shape index (κ2) is 6.57. The zero-order valence-electron chi connectivity index (χ0n) is 14.4. The van der Waals surface area contributed by atoms with E-state index in [0.29, 0.717) is 11.1 Å². The Bertz CT molecular complexity index is 1100. The SMILES string of the molecule is Cc1ccc(-c2ccc3cc(F)ccc3c2C(=O)c2ccccc2)cc1. The largest absolute Gasteiger partial charge is 0.289 e. The fourth-order valence-corrected chi connectivity index (χ4v) is 3.25. The maximum atomic E-state index is 13.7. The van der Waals surface area contributed by atoms with Gasteiger partial charge in [-0.15, -0.1) is 0 Å². The summed E-state index contributed by atoms with van der Waals surface area (Å²) in [5.74, 6) is -0.364. The van der Waals surface area contributed by atoms with Gasteiger partial charge in [0.05, 0.1) is 0 Å². The van der Waals surface area contributed by atoms with Crippen LogP contribution in [-0.4, -0.2) is 5.78 Å². The summed E-state index contributed by atoms with van der Waals surface area (Å²) in [6, 6.07) is 25.6. The molecule has 0 aliphatic carbocycles. The van der Waals surface area contributed by atoms with Gasteiger partial charge in [0.15, 0.2) is 5.78 Å². The summed E-state index contributed by atoms with van der Waals surface area (Å²) in [6.07, 6.45) is 0. The summed E-state index contributed by atoms with van der Waals surface area (Å²) in [5.41, 5.74) is 4.22. The minimum absolute atomic E-state index is 0.0571. The van der Waals surface area contributed by atoms with Crippen molar-refractivity contribution < 1.29 is 9.18 Å². The van der Waals surface area contributed by atoms with Crippen molar-refractivity contribution in [2.45, 2.75) is 6.92 Å². The number of carbonyl (C=O) groups is 1. The highest BCUT2D eigenvalue weighted by Gasteiger charge is 2.18. The zero-order valence-corrected chi connectivity index (χ0v) is 14.4. The minimum Gasteiger partial charge on any atom is -0.289 e. The van der Waals surface area contributed by atoms with Crippen molar-refractivity contribution in [3.8, 4) is 11.1 Å². The first-order valence-corrected chi connectivity index (χ1v) is 8.52. The van der Waals surface area contributed by atoms with Crippen LogP contribution in [0.5, 0.6) is 0 Å². The number of rotatable bonds is 3. The predicted octanol–water partition coefficient (Wildman–Crippen LogP) is 6.19. The van der Waals surface area contributed by atoms with E-state index in [-0.39, 0.29) is 11.6 Å². The summed E-state index contributed by atoms with van der Waals surface area (Å²) in [5, 5.41) is 1.48. The molecular weight excluding hydrogens is 323 g/mol. The summed E-state index contributed by atoms with van der Waals surface area (Å²) in [4.78, 5) is 13.3. The molecule has 0 aliphatic heterocycles. The number of hydrogen-bond donors (Lipinski definition) is 0. The van der Waals surface area contributed by atoms with Crippen LogP contribution in [0.15, 0.2) is 84.9 Å². The summed E-state index contributed by atoms with van der Waals surface area (Å²) in [6.45, 7) is 2.03. The molecule has 26 heavy (non-hydrogen) atoms. The lowest BCUT2D eigenvalue weighted by Crippen LogP contribution is -2.05. The van der Waals surface area contributed by atoms with E-state index in [9.17, 15) is 9.18 Å². The highest BCUT2D eigenvalue weighted by molar-refractivity contribution is 6.20. The van der Waals surface area contributed by atoms with Crippen molar-refractivity contribution in [2.24, 2.45) is 0 Å². The molecule has 4 aromatic carbocycles. The maximum Gasteiger partial charge on any atom is 0.194 e. The van der Waals surface area contributed by atoms with Crippen molar-refractivity contribution in [3.05, 3.63) is 107 Å². The van der Waals surface area contributed by atoms with Crippen molar-refractivity contribution >= 4 is 16.6 Å². The molecule has 0 saturated carbocycles. The van der Waals surface area contributed by atoms with Gasteiger partial charge in [-0.1, -0.05) is 78.4 Å². The lowest BCUT2D eigenvalue weighted by Gasteiger charge is -2.13. The monoisotopic (exact) mass is 340 g/mol. The first-order chi connectivity index (χ1) is 12.6. The van der Waals surface area contributed by atoms with Gasteiger partial charge in [-0.05, 0) is 41.0 Å². The molecule has 126 valence electrons. The van der Waals surface area contributed by atoms with E-state index in [1.807, 2.05) is 73.7 Å². The van der Waals surface area contributed by atoms with Crippen LogP contribution >= 0.6 is 0 Å². The Morgan fingerprint density at radius 1 is 0.808 bits per heavy atom. The first kappa shape index (κ1) is 16.2. The number of carbonyl (C=O) groups excluding carboxylic acids is 1. The van der Waals surface area contributed by atoms with E-state index in [2.05, 4.69) is 0 Å². The number of halogens is 1. The average molecular weight is 340 g/mol. The Morgan fingerprint density at radius 3 is 2.27 bits per heavy atom. The number of aryl methyl sites for hydroxylation is 1. The number of ketones is 1. The van der Waals surface area contributed by atoms with Gasteiger partial charge in [0.2, 0.25) is 0 Å². The lowest BCUT2D eigenvalue weighted by atomic mass is 9.89. The Hall–Kier alpha value is -3.26. The molecule has 0 radical (unpaired) electrons. The maximum absolute atomic E-state index is 13.7. The van der Waals surface area contributed by atoms with Crippen LogP contribution in [0.4, 0.5) is 4.39 Å². The van der Waals surface area contributed by atoms with Crippen LogP contribution < -0.4 is 0 Å². The van der Waals surface area contributed by atoms with Crippen molar-refractivity contribution in [1.29, 1.82) is 0 Å². The Morgan fingerprint density at radius 2 is 1.54 bits per heavy atom. The van der Waals surface area contributed by atoms with Gasteiger partial charge < -0.3 is 0 Å². The minimum atomic E-state index is -0.307. The van der Waals surface area contributed by atoms with Crippen LogP contribution in [0.2, 0.25) is 0 Å². The standard InChI is InChI=1S/C24H17FO/c1-16-7-9-17(10-8-16)21-13-11-19-15-20(25)12-14-22(19)23(21)24(26)18-5-3-2-4-6-18/h2-15H,1H3. The molecule has 4 rings (SSSR count). The molecule has 0 N–H and O–H groups in total. The Labute approximate surface area is 151 Å². The Balaban J connectivity index is 2.01. The molecule has 2 heteroatoms. The zero-order chi connectivity index (χ0) is 18.1. The molecule has 0 amide bonds. The second-order valence-corrected chi connectivity index (χ2v) is 6.41. The number of benzene rings is 4. The van der Waals surface area contributed by atoms with Gasteiger partial charge in [0, 0.05) is 11.1 Å². The fourth-order valence-electron chi connectivity index (χ4n) is 3.25. The molecule has 0 bridgehead atoms. The highest BCUT2D eigenvalue weighted by atomic mass is 19.1. The third-order valence-electron chi connectivity index (χ3n) is 4.61. The normalized spacial score (nSPS) is 10.8. The molecule has 0 unspecified atom stereocenters. The van der Waals surface area contributed by atoms with E-state index in [1.54, 1.807) is 6.07 Å². The van der Waals surface area contributed by atoms with Crippen LogP contribution in [-0.2, 0) is 0 Å². The molecule has 0 atom stereocenters. The highest BCUT2D eigenvalue weighted by Crippen LogP contribution is 2.32. The van der Waals surface area contributed by atoms with E-state index in [1.165, 1.54) is 12.1 Å². The fraction of sp³-hybridized carbons (Fsp3) is 0.0417. The first-order valence-electron chi connectivity index (χ1n) is 8.52. The summed E-state index contributed by atoms with van der Waals surface area (Å²) in [7, 11) is 0. The van der Waals surface area contributed by atoms with Gasteiger partial charge in [-0.25, -0.2) is 4.39 Å².